The minimum atomic E-state index is -0.474. The van der Waals surface area contributed by atoms with Crippen molar-refractivity contribution in [3.8, 4) is 11.6 Å². The molecule has 0 radical (unpaired) electrons. The molecule has 1 saturated heterocycles. The lowest BCUT2D eigenvalue weighted by molar-refractivity contribution is 0.0481. The van der Waals surface area contributed by atoms with Crippen molar-refractivity contribution in [3.05, 3.63) is 34.5 Å². The minimum Gasteiger partial charge on any atom is -0.490 e. The first-order chi connectivity index (χ1) is 14.5. The molecule has 0 unspecified atom stereocenters. The van der Waals surface area contributed by atoms with E-state index >= 15 is 0 Å². The van der Waals surface area contributed by atoms with E-state index in [9.17, 15) is 4.79 Å². The number of ether oxygens (including phenoxy) is 2. The molecule has 162 valence electrons. The van der Waals surface area contributed by atoms with E-state index in [0.717, 1.165) is 48.8 Å². The molecule has 0 bridgehead atoms. The Morgan fingerprint density at radius 1 is 1.30 bits per heavy atom. The molecule has 9 heteroatoms. The van der Waals surface area contributed by atoms with Gasteiger partial charge in [-0.25, -0.2) is 9.42 Å². The maximum absolute atomic E-state index is 12.1. The van der Waals surface area contributed by atoms with Gasteiger partial charge in [0.25, 0.3) is 5.88 Å². The van der Waals surface area contributed by atoms with Gasteiger partial charge in [0.15, 0.2) is 0 Å². The highest BCUT2D eigenvalue weighted by atomic mass is 35.5. The third-order valence-electron chi connectivity index (χ3n) is 5.75. The number of benzene rings is 1. The van der Waals surface area contributed by atoms with E-state index in [1.54, 1.807) is 18.9 Å². The number of hydrogen-bond acceptors (Lipinski definition) is 7. The second-order valence-electron chi connectivity index (χ2n) is 8.22. The molecular formula is C21H27ClN4O4. The van der Waals surface area contributed by atoms with Crippen LogP contribution in [0.5, 0.6) is 11.6 Å². The fourth-order valence-electron chi connectivity index (χ4n) is 3.96. The van der Waals surface area contributed by atoms with Crippen molar-refractivity contribution >= 4 is 17.7 Å². The van der Waals surface area contributed by atoms with E-state index in [1.807, 2.05) is 12.1 Å². The summed E-state index contributed by atoms with van der Waals surface area (Å²) >= 11 is 6.47. The largest absolute Gasteiger partial charge is 0.490 e. The average Bonchev–Trinajstić information content (AvgIpc) is 3.34. The molecule has 2 aliphatic rings. The molecule has 2 aromatic rings. The maximum atomic E-state index is 12.1. The van der Waals surface area contributed by atoms with Gasteiger partial charge >= 0.3 is 6.09 Å². The summed E-state index contributed by atoms with van der Waals surface area (Å²) < 4.78 is 15.8. The van der Waals surface area contributed by atoms with E-state index in [0.29, 0.717) is 18.2 Å². The second kappa shape index (κ2) is 9.22. The molecule has 2 fully saturated rings. The number of nitrogens with zero attached hydrogens (tertiary/aromatic N) is 4. The quantitative estimate of drug-likeness (QED) is 0.653. The summed E-state index contributed by atoms with van der Waals surface area (Å²) in [6, 6.07) is 5.98. The van der Waals surface area contributed by atoms with Crippen molar-refractivity contribution in [2.24, 2.45) is 5.92 Å². The Kier molecular flexibility index (Phi) is 6.43. The van der Waals surface area contributed by atoms with Gasteiger partial charge in [0.05, 0.1) is 6.10 Å². The van der Waals surface area contributed by atoms with Crippen LogP contribution in [0.15, 0.2) is 22.8 Å². The zero-order valence-electron chi connectivity index (χ0n) is 17.3. The summed E-state index contributed by atoms with van der Waals surface area (Å²) in [7, 11) is 1.71. The predicted molar refractivity (Wildman–Crippen MR) is 111 cm³/mol. The summed E-state index contributed by atoms with van der Waals surface area (Å²) in [5.41, 5.74) is 1.59. The molecule has 1 amide bonds. The molecule has 0 spiro atoms. The number of aromatic nitrogens is 2. The number of aryl methyl sites for hydroxylation is 1. The number of amides is 1. The molecule has 4 rings (SSSR count). The number of hydrogen-bond donors (Lipinski definition) is 0. The molecule has 1 aromatic carbocycles. The van der Waals surface area contributed by atoms with Gasteiger partial charge in [-0.2, -0.15) is 0 Å². The van der Waals surface area contributed by atoms with Gasteiger partial charge in [0, 0.05) is 25.2 Å². The minimum absolute atomic E-state index is 0.103. The van der Waals surface area contributed by atoms with Crippen LogP contribution in [0.25, 0.3) is 0 Å². The van der Waals surface area contributed by atoms with Gasteiger partial charge in [-0.1, -0.05) is 22.8 Å². The van der Waals surface area contributed by atoms with Crippen LogP contribution in [0.1, 0.15) is 36.9 Å². The summed E-state index contributed by atoms with van der Waals surface area (Å²) in [6.07, 6.45) is 3.97. The van der Waals surface area contributed by atoms with Crippen LogP contribution in [0.4, 0.5) is 4.79 Å². The zero-order valence-corrected chi connectivity index (χ0v) is 18.1. The summed E-state index contributed by atoms with van der Waals surface area (Å²) in [5, 5.41) is 7.92. The Hall–Kier alpha value is -2.32. The lowest BCUT2D eigenvalue weighted by atomic mass is 9.82. The Balaban J connectivity index is 1.20. The van der Waals surface area contributed by atoms with Crippen LogP contribution in [-0.4, -0.2) is 59.0 Å². The van der Waals surface area contributed by atoms with Crippen molar-refractivity contribution in [1.29, 1.82) is 0 Å². The number of halogens is 1. The third kappa shape index (κ3) is 5.05. The standard InChI is InChI=1S/C21H27ClN4O4/c1-14-20(24-30-23-14)29-21(27)25(2)12-15-9-18(10-15)28-17-6-5-16(19(22)11-17)13-26-7-3-4-8-26/h5-6,11,15,18H,3-4,7-10,12-13H2,1-2H3. The van der Waals surface area contributed by atoms with E-state index < -0.39 is 6.09 Å². The topological polar surface area (TPSA) is 80.9 Å². The molecule has 0 N–H and O–H groups in total. The number of rotatable bonds is 7. The van der Waals surface area contributed by atoms with Crippen LogP contribution in [0, 0.1) is 12.8 Å². The molecule has 1 aromatic heterocycles. The second-order valence-corrected chi connectivity index (χ2v) is 8.62. The first-order valence-corrected chi connectivity index (χ1v) is 10.8. The summed E-state index contributed by atoms with van der Waals surface area (Å²) in [4.78, 5) is 16.1. The van der Waals surface area contributed by atoms with Crippen molar-refractivity contribution in [1.82, 2.24) is 20.1 Å². The normalized spacial score (nSPS) is 21.3. The van der Waals surface area contributed by atoms with Gasteiger partial charge in [0.2, 0.25) is 0 Å². The fourth-order valence-corrected chi connectivity index (χ4v) is 4.19. The lowest BCUT2D eigenvalue weighted by Gasteiger charge is -2.37. The maximum Gasteiger partial charge on any atom is 0.416 e. The van der Waals surface area contributed by atoms with E-state index in [-0.39, 0.29) is 12.0 Å². The molecule has 30 heavy (non-hydrogen) atoms. The van der Waals surface area contributed by atoms with Crippen LogP contribution in [0.3, 0.4) is 0 Å². The Labute approximate surface area is 181 Å². The number of likely N-dealkylation sites (tertiary alicyclic amines) is 1. The van der Waals surface area contributed by atoms with E-state index in [2.05, 4.69) is 25.9 Å². The highest BCUT2D eigenvalue weighted by molar-refractivity contribution is 6.31. The van der Waals surface area contributed by atoms with Gasteiger partial charge < -0.3 is 14.4 Å². The molecule has 1 aliphatic carbocycles. The Morgan fingerprint density at radius 2 is 2.07 bits per heavy atom. The average molecular weight is 435 g/mol. The van der Waals surface area contributed by atoms with Crippen LogP contribution >= 0.6 is 11.6 Å². The molecular weight excluding hydrogens is 408 g/mol. The lowest BCUT2D eigenvalue weighted by Crippen LogP contribution is -2.42. The SMILES string of the molecule is Cc1nonc1OC(=O)N(C)CC1CC(Oc2ccc(CN3CCCC3)c(Cl)c2)C1. The van der Waals surface area contributed by atoms with E-state index in [4.69, 9.17) is 21.1 Å². The molecule has 2 heterocycles. The number of carbonyl (C=O) groups is 1. The van der Waals surface area contributed by atoms with Crippen molar-refractivity contribution in [3.63, 3.8) is 0 Å². The van der Waals surface area contributed by atoms with Gasteiger partial charge in [-0.15, -0.1) is 0 Å². The van der Waals surface area contributed by atoms with Gasteiger partial charge in [0.1, 0.15) is 11.4 Å². The Bertz CT molecular complexity index is 878. The predicted octanol–water partition coefficient (Wildman–Crippen LogP) is 3.92. The van der Waals surface area contributed by atoms with Crippen LogP contribution in [0.2, 0.25) is 5.02 Å². The summed E-state index contributed by atoms with van der Waals surface area (Å²) in [6.45, 7) is 5.46. The number of carbonyl (C=O) groups excluding carboxylic acids is 1. The molecule has 1 aliphatic heterocycles. The molecule has 8 nitrogen and oxygen atoms in total. The fraction of sp³-hybridized carbons (Fsp3) is 0.571. The van der Waals surface area contributed by atoms with Gasteiger partial charge in [-0.05, 0) is 74.5 Å². The van der Waals surface area contributed by atoms with Crippen molar-refractivity contribution < 1.29 is 18.9 Å². The highest BCUT2D eigenvalue weighted by Gasteiger charge is 2.33. The van der Waals surface area contributed by atoms with Crippen molar-refractivity contribution in [2.75, 3.05) is 26.7 Å². The molecule has 1 saturated carbocycles. The Morgan fingerprint density at radius 3 is 2.73 bits per heavy atom. The van der Waals surface area contributed by atoms with Gasteiger partial charge in [-0.3, -0.25) is 4.90 Å². The van der Waals surface area contributed by atoms with Crippen molar-refractivity contribution in [2.45, 2.75) is 45.3 Å². The van der Waals surface area contributed by atoms with Crippen LogP contribution in [-0.2, 0) is 6.54 Å². The highest BCUT2D eigenvalue weighted by Crippen LogP contribution is 2.33. The monoisotopic (exact) mass is 434 g/mol. The first-order valence-electron chi connectivity index (χ1n) is 10.4. The smallest absolute Gasteiger partial charge is 0.416 e. The first kappa shape index (κ1) is 20.9. The summed E-state index contributed by atoms with van der Waals surface area (Å²) in [5.74, 6) is 1.27. The van der Waals surface area contributed by atoms with E-state index in [1.165, 1.54) is 12.8 Å². The third-order valence-corrected chi connectivity index (χ3v) is 6.10. The molecule has 0 atom stereocenters. The zero-order chi connectivity index (χ0) is 21.1. The van der Waals surface area contributed by atoms with Crippen LogP contribution < -0.4 is 9.47 Å².